The van der Waals surface area contributed by atoms with E-state index < -0.39 is 12.1 Å². The smallest absolute Gasteiger partial charge is 0.407 e. The summed E-state index contributed by atoms with van der Waals surface area (Å²) >= 11 is 0. The van der Waals surface area contributed by atoms with Gasteiger partial charge in [-0.1, -0.05) is 68.4 Å². The van der Waals surface area contributed by atoms with Crippen molar-refractivity contribution in [1.82, 2.24) is 20.2 Å². The lowest BCUT2D eigenvalue weighted by molar-refractivity contribution is -0.135. The summed E-state index contributed by atoms with van der Waals surface area (Å²) in [6.07, 6.45) is 2.94. The SMILES string of the molecule is COC(=O)N[C@H](C(=O)N1CCC[C@H]1c1ncc(-c2ccc3cc(-c4ccccc4)ccc3c2)[nH]1)C(C)C. The van der Waals surface area contributed by atoms with Crippen LogP contribution < -0.4 is 5.32 Å². The number of alkyl carbamates (subject to hydrolysis) is 1. The van der Waals surface area contributed by atoms with Gasteiger partial charge < -0.3 is 19.9 Å². The fourth-order valence-electron chi connectivity index (χ4n) is 5.07. The standard InChI is InChI=1S/C30H32N4O3/c1-19(2)27(33-30(36)37-3)29(35)34-15-7-10-26(34)28-31-18-25(32-28)24-14-13-22-16-21(11-12-23(22)17-24)20-8-5-4-6-9-20/h4-6,8-9,11-14,16-19,26-27H,7,10,15H2,1-3H3,(H,31,32)(H,33,36)/t26-,27-/m0/s1. The number of hydrogen-bond donors (Lipinski definition) is 2. The van der Waals surface area contributed by atoms with Crippen LogP contribution in [0.2, 0.25) is 0 Å². The summed E-state index contributed by atoms with van der Waals surface area (Å²) in [5.74, 6) is 0.585. The molecule has 0 saturated carbocycles. The molecule has 1 aromatic heterocycles. The molecule has 1 saturated heterocycles. The number of nitrogens with zero attached hydrogens (tertiary/aromatic N) is 2. The Morgan fingerprint density at radius 1 is 1.00 bits per heavy atom. The Hall–Kier alpha value is -4.13. The van der Waals surface area contributed by atoms with Crippen molar-refractivity contribution in [3.05, 3.63) is 78.8 Å². The van der Waals surface area contributed by atoms with Gasteiger partial charge in [0.05, 0.1) is 25.0 Å². The van der Waals surface area contributed by atoms with E-state index >= 15 is 0 Å². The number of amides is 2. The van der Waals surface area contributed by atoms with Crippen molar-refractivity contribution in [2.75, 3.05) is 13.7 Å². The third-order valence-electron chi connectivity index (χ3n) is 7.10. The summed E-state index contributed by atoms with van der Waals surface area (Å²) in [6, 6.07) is 22.5. The number of H-pyrrole nitrogens is 1. The number of nitrogens with one attached hydrogen (secondary N) is 2. The first-order valence-corrected chi connectivity index (χ1v) is 12.7. The fourth-order valence-corrected chi connectivity index (χ4v) is 5.07. The van der Waals surface area contributed by atoms with Crippen molar-refractivity contribution in [2.45, 2.75) is 38.8 Å². The van der Waals surface area contributed by atoms with Crippen LogP contribution in [0.1, 0.15) is 38.6 Å². The predicted molar refractivity (Wildman–Crippen MR) is 145 cm³/mol. The molecule has 2 N–H and O–H groups in total. The van der Waals surface area contributed by atoms with E-state index in [2.05, 4.69) is 75.9 Å². The molecular weight excluding hydrogens is 464 g/mol. The van der Waals surface area contributed by atoms with Gasteiger partial charge in [-0.2, -0.15) is 0 Å². The van der Waals surface area contributed by atoms with E-state index in [-0.39, 0.29) is 17.9 Å². The van der Waals surface area contributed by atoms with Crippen LogP contribution in [0, 0.1) is 5.92 Å². The number of aromatic amines is 1. The molecule has 5 rings (SSSR count). The predicted octanol–water partition coefficient (Wildman–Crippen LogP) is 5.94. The van der Waals surface area contributed by atoms with Crippen LogP contribution in [-0.2, 0) is 9.53 Å². The molecule has 0 bridgehead atoms. The van der Waals surface area contributed by atoms with Gasteiger partial charge in [0.15, 0.2) is 0 Å². The highest BCUT2D eigenvalue weighted by molar-refractivity contribution is 5.90. The largest absolute Gasteiger partial charge is 0.453 e. The molecule has 0 radical (unpaired) electrons. The second kappa shape index (κ2) is 10.5. The number of carbonyl (C=O) groups is 2. The van der Waals surface area contributed by atoms with Gasteiger partial charge in [-0.05, 0) is 52.8 Å². The highest BCUT2D eigenvalue weighted by Crippen LogP contribution is 2.33. The van der Waals surface area contributed by atoms with E-state index in [0.29, 0.717) is 6.54 Å². The zero-order chi connectivity index (χ0) is 25.9. The third kappa shape index (κ3) is 5.07. The lowest BCUT2D eigenvalue weighted by atomic mass is 9.99. The van der Waals surface area contributed by atoms with Gasteiger partial charge in [0.2, 0.25) is 5.91 Å². The number of rotatable bonds is 6. The molecule has 0 aliphatic carbocycles. The van der Waals surface area contributed by atoms with E-state index in [9.17, 15) is 9.59 Å². The number of imidazole rings is 1. The third-order valence-corrected chi connectivity index (χ3v) is 7.10. The average molecular weight is 497 g/mol. The first-order chi connectivity index (χ1) is 17.9. The topological polar surface area (TPSA) is 87.3 Å². The Bertz CT molecular complexity index is 1410. The maximum atomic E-state index is 13.4. The van der Waals surface area contributed by atoms with Gasteiger partial charge in [-0.3, -0.25) is 4.79 Å². The minimum atomic E-state index is -0.649. The first-order valence-electron chi connectivity index (χ1n) is 12.7. The van der Waals surface area contributed by atoms with Crippen LogP contribution in [0.3, 0.4) is 0 Å². The van der Waals surface area contributed by atoms with Gasteiger partial charge in [-0.25, -0.2) is 9.78 Å². The molecule has 37 heavy (non-hydrogen) atoms. The van der Waals surface area contributed by atoms with Crippen molar-refractivity contribution in [2.24, 2.45) is 5.92 Å². The molecule has 2 amide bonds. The number of ether oxygens (including phenoxy) is 1. The molecule has 190 valence electrons. The van der Waals surface area contributed by atoms with Crippen LogP contribution in [0.25, 0.3) is 33.2 Å². The van der Waals surface area contributed by atoms with Gasteiger partial charge in [0.1, 0.15) is 11.9 Å². The van der Waals surface area contributed by atoms with Gasteiger partial charge in [0.25, 0.3) is 0 Å². The number of benzene rings is 3. The Morgan fingerprint density at radius 3 is 2.41 bits per heavy atom. The van der Waals surface area contributed by atoms with Crippen molar-refractivity contribution in [1.29, 1.82) is 0 Å². The second-order valence-electron chi connectivity index (χ2n) is 9.87. The molecule has 1 aliphatic heterocycles. The summed E-state index contributed by atoms with van der Waals surface area (Å²) in [7, 11) is 1.30. The average Bonchev–Trinajstić information content (AvgIpc) is 3.61. The maximum Gasteiger partial charge on any atom is 0.407 e. The molecule has 3 aromatic carbocycles. The number of aromatic nitrogens is 2. The van der Waals surface area contributed by atoms with Gasteiger partial charge >= 0.3 is 6.09 Å². The monoisotopic (exact) mass is 496 g/mol. The van der Waals surface area contributed by atoms with Gasteiger partial charge in [0, 0.05) is 12.1 Å². The molecule has 4 aromatic rings. The first kappa shape index (κ1) is 24.6. The number of likely N-dealkylation sites (tertiary alicyclic amines) is 1. The minimum absolute atomic E-state index is 0.0694. The normalized spacial score (nSPS) is 16.2. The van der Waals surface area contributed by atoms with E-state index in [4.69, 9.17) is 4.74 Å². The van der Waals surface area contributed by atoms with Crippen molar-refractivity contribution in [3.63, 3.8) is 0 Å². The number of fused-ring (bicyclic) bond motifs is 1. The molecule has 0 spiro atoms. The number of carbonyl (C=O) groups excluding carboxylic acids is 2. The zero-order valence-corrected chi connectivity index (χ0v) is 21.4. The molecular formula is C30H32N4O3. The molecule has 1 aliphatic rings. The van der Waals surface area contributed by atoms with Crippen LogP contribution in [-0.4, -0.2) is 46.6 Å². The van der Waals surface area contributed by atoms with E-state index in [1.165, 1.54) is 23.6 Å². The van der Waals surface area contributed by atoms with Gasteiger partial charge in [-0.15, -0.1) is 0 Å². The van der Waals surface area contributed by atoms with E-state index in [1.807, 2.05) is 31.0 Å². The second-order valence-corrected chi connectivity index (χ2v) is 9.87. The Labute approximate surface area is 216 Å². The summed E-state index contributed by atoms with van der Waals surface area (Å²) in [6.45, 7) is 4.46. The van der Waals surface area contributed by atoms with Crippen LogP contribution in [0.15, 0.2) is 72.9 Å². The van der Waals surface area contributed by atoms with E-state index in [1.54, 1.807) is 0 Å². The Kier molecular flexibility index (Phi) is 6.95. The van der Waals surface area contributed by atoms with Crippen LogP contribution in [0.4, 0.5) is 4.79 Å². The molecule has 2 heterocycles. The zero-order valence-electron chi connectivity index (χ0n) is 21.4. The highest BCUT2D eigenvalue weighted by atomic mass is 16.5. The minimum Gasteiger partial charge on any atom is -0.453 e. The molecule has 7 heteroatoms. The molecule has 2 atom stereocenters. The Morgan fingerprint density at radius 2 is 1.70 bits per heavy atom. The summed E-state index contributed by atoms with van der Waals surface area (Å²) in [5.41, 5.74) is 4.35. The number of methoxy groups -OCH3 is 1. The van der Waals surface area contributed by atoms with Crippen LogP contribution >= 0.6 is 0 Å². The summed E-state index contributed by atoms with van der Waals surface area (Å²) in [4.78, 5) is 35.2. The summed E-state index contributed by atoms with van der Waals surface area (Å²) in [5, 5.41) is 5.02. The summed E-state index contributed by atoms with van der Waals surface area (Å²) < 4.78 is 4.73. The van der Waals surface area contributed by atoms with Crippen LogP contribution in [0.5, 0.6) is 0 Å². The Balaban J connectivity index is 1.37. The maximum absolute atomic E-state index is 13.4. The van der Waals surface area contributed by atoms with Crippen molar-refractivity contribution in [3.8, 4) is 22.4 Å². The van der Waals surface area contributed by atoms with Crippen molar-refractivity contribution >= 4 is 22.8 Å². The lowest BCUT2D eigenvalue weighted by Crippen LogP contribution is -2.51. The molecule has 7 nitrogen and oxygen atoms in total. The van der Waals surface area contributed by atoms with E-state index in [0.717, 1.165) is 35.3 Å². The van der Waals surface area contributed by atoms with Crippen molar-refractivity contribution < 1.29 is 14.3 Å². The molecule has 1 fully saturated rings. The molecule has 0 unspecified atom stereocenters. The fraction of sp³-hybridized carbons (Fsp3) is 0.300. The lowest BCUT2D eigenvalue weighted by Gasteiger charge is -2.30. The quantitative estimate of drug-likeness (QED) is 0.346. The number of hydrogen-bond acceptors (Lipinski definition) is 4. The highest BCUT2D eigenvalue weighted by Gasteiger charge is 2.37.